The second kappa shape index (κ2) is 7.03. The molecule has 21 heavy (non-hydrogen) atoms. The van der Waals surface area contributed by atoms with Crippen LogP contribution in [0.25, 0.3) is 11.1 Å². The standard InChI is InChI=1S/C15H12Cl3NO2/c16-15(17,18)10-21-14(20)19-13-9-5-4-8-12(13)11-6-2-1-3-7-11/h1-9H,10H2,(H,19,20). The number of hydrogen-bond donors (Lipinski definition) is 1. The van der Waals surface area contributed by atoms with Gasteiger partial charge in [0, 0.05) is 5.56 Å². The first-order valence-corrected chi connectivity index (χ1v) is 7.24. The van der Waals surface area contributed by atoms with Crippen LogP contribution in [0.3, 0.4) is 0 Å². The first-order chi connectivity index (χ1) is 9.96. The van der Waals surface area contributed by atoms with Crippen molar-refractivity contribution >= 4 is 46.6 Å². The lowest BCUT2D eigenvalue weighted by atomic mass is 10.0. The number of para-hydroxylation sites is 1. The molecule has 3 nitrogen and oxygen atoms in total. The molecule has 6 heteroatoms. The summed E-state index contributed by atoms with van der Waals surface area (Å²) in [6.07, 6.45) is -0.676. The fourth-order valence-corrected chi connectivity index (χ4v) is 1.92. The molecule has 0 bridgehead atoms. The van der Waals surface area contributed by atoms with Gasteiger partial charge in [-0.25, -0.2) is 4.79 Å². The van der Waals surface area contributed by atoms with Crippen molar-refractivity contribution < 1.29 is 9.53 Å². The molecule has 0 aliphatic rings. The highest BCUT2D eigenvalue weighted by atomic mass is 35.6. The fraction of sp³-hybridized carbons (Fsp3) is 0.133. The molecule has 0 heterocycles. The van der Waals surface area contributed by atoms with Crippen molar-refractivity contribution in [3.05, 3.63) is 54.6 Å². The Morgan fingerprint density at radius 1 is 1.00 bits per heavy atom. The number of hydrogen-bond acceptors (Lipinski definition) is 2. The zero-order valence-corrected chi connectivity index (χ0v) is 13.1. The summed E-state index contributed by atoms with van der Waals surface area (Å²) in [4.78, 5) is 11.7. The summed E-state index contributed by atoms with van der Waals surface area (Å²) in [5.41, 5.74) is 2.48. The van der Waals surface area contributed by atoms with Crippen molar-refractivity contribution in [1.82, 2.24) is 0 Å². The molecule has 0 radical (unpaired) electrons. The Labute approximate surface area is 137 Å². The van der Waals surface area contributed by atoms with Crippen LogP contribution in [0.4, 0.5) is 10.5 Å². The van der Waals surface area contributed by atoms with E-state index in [0.717, 1.165) is 11.1 Å². The van der Waals surface area contributed by atoms with Gasteiger partial charge in [-0.3, -0.25) is 5.32 Å². The average Bonchev–Trinajstić information content (AvgIpc) is 2.46. The molecular formula is C15H12Cl3NO2. The number of anilines is 1. The van der Waals surface area contributed by atoms with Crippen LogP contribution in [0.1, 0.15) is 0 Å². The molecule has 0 saturated heterocycles. The molecular weight excluding hydrogens is 333 g/mol. The second-order valence-corrected chi connectivity index (χ2v) is 6.74. The minimum Gasteiger partial charge on any atom is -0.445 e. The highest BCUT2D eigenvalue weighted by Gasteiger charge is 2.22. The molecule has 1 N–H and O–H groups in total. The van der Waals surface area contributed by atoms with Crippen LogP contribution in [0.15, 0.2) is 54.6 Å². The summed E-state index contributed by atoms with van der Waals surface area (Å²) in [5.74, 6) is 0. The maximum Gasteiger partial charge on any atom is 0.411 e. The molecule has 0 saturated carbocycles. The lowest BCUT2D eigenvalue weighted by Gasteiger charge is -2.14. The van der Waals surface area contributed by atoms with Gasteiger partial charge in [0.1, 0.15) is 6.61 Å². The van der Waals surface area contributed by atoms with E-state index >= 15 is 0 Å². The van der Waals surface area contributed by atoms with E-state index in [1.807, 2.05) is 48.5 Å². The van der Waals surface area contributed by atoms with E-state index < -0.39 is 9.89 Å². The number of nitrogens with one attached hydrogen (secondary N) is 1. The zero-order valence-electron chi connectivity index (χ0n) is 10.9. The van der Waals surface area contributed by atoms with Gasteiger partial charge in [0.15, 0.2) is 0 Å². The maximum atomic E-state index is 11.7. The smallest absolute Gasteiger partial charge is 0.411 e. The predicted molar refractivity (Wildman–Crippen MR) is 87.1 cm³/mol. The van der Waals surface area contributed by atoms with Gasteiger partial charge in [0.25, 0.3) is 0 Å². The summed E-state index contributed by atoms with van der Waals surface area (Å²) < 4.78 is 3.23. The molecule has 110 valence electrons. The molecule has 0 unspecified atom stereocenters. The Morgan fingerprint density at radius 2 is 1.62 bits per heavy atom. The van der Waals surface area contributed by atoms with Crippen molar-refractivity contribution in [3.8, 4) is 11.1 Å². The van der Waals surface area contributed by atoms with E-state index in [-0.39, 0.29) is 6.61 Å². The molecule has 0 aromatic heterocycles. The maximum absolute atomic E-state index is 11.7. The summed E-state index contributed by atoms with van der Waals surface area (Å²) in [5, 5.41) is 2.64. The van der Waals surface area contributed by atoms with Gasteiger partial charge >= 0.3 is 6.09 Å². The van der Waals surface area contributed by atoms with E-state index in [4.69, 9.17) is 39.5 Å². The Hall–Kier alpha value is -1.42. The van der Waals surface area contributed by atoms with Gasteiger partial charge in [-0.2, -0.15) is 0 Å². The molecule has 0 atom stereocenters. The minimum absolute atomic E-state index is 0.322. The third-order valence-corrected chi connectivity index (χ3v) is 2.94. The van der Waals surface area contributed by atoms with E-state index in [0.29, 0.717) is 5.69 Å². The monoisotopic (exact) mass is 343 g/mol. The van der Waals surface area contributed by atoms with Crippen LogP contribution in [0, 0.1) is 0 Å². The molecule has 2 rings (SSSR count). The van der Waals surface area contributed by atoms with Crippen LogP contribution in [0.2, 0.25) is 0 Å². The number of rotatable bonds is 3. The van der Waals surface area contributed by atoms with Crippen LogP contribution in [-0.2, 0) is 4.74 Å². The van der Waals surface area contributed by atoms with Crippen molar-refractivity contribution in [2.75, 3.05) is 11.9 Å². The summed E-state index contributed by atoms with van der Waals surface area (Å²) in [6.45, 7) is -0.322. The number of carbonyl (C=O) groups is 1. The van der Waals surface area contributed by atoms with E-state index in [1.165, 1.54) is 0 Å². The third kappa shape index (κ3) is 5.12. The van der Waals surface area contributed by atoms with Crippen molar-refractivity contribution in [2.24, 2.45) is 0 Å². The predicted octanol–water partition coefficient (Wildman–Crippen LogP) is 5.27. The van der Waals surface area contributed by atoms with E-state index in [2.05, 4.69) is 5.32 Å². The Kier molecular flexibility index (Phi) is 5.34. The molecule has 0 aliphatic carbocycles. The molecule has 2 aromatic rings. The topological polar surface area (TPSA) is 38.3 Å². The molecule has 2 aromatic carbocycles. The normalized spacial score (nSPS) is 11.0. The van der Waals surface area contributed by atoms with Gasteiger partial charge in [-0.15, -0.1) is 0 Å². The minimum atomic E-state index is -1.63. The first-order valence-electron chi connectivity index (χ1n) is 6.11. The average molecular weight is 345 g/mol. The molecule has 0 fully saturated rings. The highest BCUT2D eigenvalue weighted by Crippen LogP contribution is 2.28. The summed E-state index contributed by atoms with van der Waals surface area (Å²) in [6, 6.07) is 17.1. The quantitative estimate of drug-likeness (QED) is 0.770. The van der Waals surface area contributed by atoms with Gasteiger partial charge < -0.3 is 4.74 Å². The summed E-state index contributed by atoms with van der Waals surface area (Å²) >= 11 is 16.6. The van der Waals surface area contributed by atoms with Crippen LogP contribution in [0.5, 0.6) is 0 Å². The van der Waals surface area contributed by atoms with E-state index in [1.54, 1.807) is 6.07 Å². The van der Waals surface area contributed by atoms with Gasteiger partial charge in [-0.05, 0) is 11.6 Å². The third-order valence-electron chi connectivity index (χ3n) is 2.62. The van der Waals surface area contributed by atoms with Crippen molar-refractivity contribution in [3.63, 3.8) is 0 Å². The molecule has 0 spiro atoms. The van der Waals surface area contributed by atoms with Gasteiger partial charge in [0.05, 0.1) is 5.69 Å². The van der Waals surface area contributed by atoms with Crippen LogP contribution < -0.4 is 5.32 Å². The number of halogens is 3. The lowest BCUT2D eigenvalue weighted by Crippen LogP contribution is -2.21. The largest absolute Gasteiger partial charge is 0.445 e. The summed E-state index contributed by atoms with van der Waals surface area (Å²) in [7, 11) is 0. The van der Waals surface area contributed by atoms with Crippen LogP contribution >= 0.6 is 34.8 Å². The Balaban J connectivity index is 2.13. The van der Waals surface area contributed by atoms with Gasteiger partial charge in [0.2, 0.25) is 3.79 Å². The SMILES string of the molecule is O=C(Nc1ccccc1-c1ccccc1)OCC(Cl)(Cl)Cl. The van der Waals surface area contributed by atoms with E-state index in [9.17, 15) is 4.79 Å². The number of benzene rings is 2. The van der Waals surface area contributed by atoms with Crippen molar-refractivity contribution in [2.45, 2.75) is 3.79 Å². The highest BCUT2D eigenvalue weighted by molar-refractivity contribution is 6.67. The Bertz CT molecular complexity index is 612. The molecule has 0 aliphatic heterocycles. The van der Waals surface area contributed by atoms with Crippen LogP contribution in [-0.4, -0.2) is 16.5 Å². The van der Waals surface area contributed by atoms with Gasteiger partial charge in [-0.1, -0.05) is 83.3 Å². The zero-order chi connectivity index (χ0) is 15.3. The Morgan fingerprint density at radius 3 is 2.29 bits per heavy atom. The number of carbonyl (C=O) groups excluding carboxylic acids is 1. The number of alkyl halides is 3. The lowest BCUT2D eigenvalue weighted by molar-refractivity contribution is 0.164. The second-order valence-electron chi connectivity index (χ2n) is 4.23. The van der Waals surface area contributed by atoms with Crippen molar-refractivity contribution in [1.29, 1.82) is 0 Å². The first kappa shape index (κ1) is 16.0. The fourth-order valence-electron chi connectivity index (χ4n) is 1.75. The number of amides is 1. The number of ether oxygens (including phenoxy) is 1. The molecule has 1 amide bonds.